The van der Waals surface area contributed by atoms with E-state index < -0.39 is 0 Å². The average molecular weight is 389 g/mol. The minimum Gasteiger partial charge on any atom is -0.486 e. The molecule has 1 aromatic carbocycles. The first kappa shape index (κ1) is 16.7. The molecule has 0 radical (unpaired) electrons. The number of amides is 1. The molecule has 132 valence electrons. The zero-order valence-electron chi connectivity index (χ0n) is 13.7. The lowest BCUT2D eigenvalue weighted by Gasteiger charge is -2.19. The molecule has 0 atom stereocenters. The second-order valence-corrected chi connectivity index (χ2v) is 6.71. The summed E-state index contributed by atoms with van der Waals surface area (Å²) in [6.07, 6.45) is 1.64. The largest absolute Gasteiger partial charge is 0.486 e. The number of carbonyl (C=O) groups excluding carboxylic acids is 1. The van der Waals surface area contributed by atoms with Gasteiger partial charge in [0.05, 0.1) is 10.7 Å². The number of aromatic nitrogens is 3. The normalized spacial score (nSPS) is 12.7. The van der Waals surface area contributed by atoms with Crippen molar-refractivity contribution in [1.82, 2.24) is 14.6 Å². The van der Waals surface area contributed by atoms with E-state index in [4.69, 9.17) is 21.1 Å². The molecule has 2 aromatic heterocycles. The summed E-state index contributed by atoms with van der Waals surface area (Å²) < 4.78 is 14.9. The Morgan fingerprint density at radius 3 is 2.65 bits per heavy atom. The molecule has 7 nitrogen and oxygen atoms in total. The lowest BCUT2D eigenvalue weighted by Crippen LogP contribution is -2.15. The first-order valence-corrected chi connectivity index (χ1v) is 8.93. The maximum absolute atomic E-state index is 12.2. The van der Waals surface area contributed by atoms with E-state index in [1.54, 1.807) is 25.3 Å². The van der Waals surface area contributed by atoms with Crippen molar-refractivity contribution in [3.05, 3.63) is 46.1 Å². The predicted octanol–water partition coefficient (Wildman–Crippen LogP) is 3.59. The fraction of sp³-hybridized carbons (Fsp3) is 0.176. The lowest BCUT2D eigenvalue weighted by molar-refractivity contribution is 0.102. The zero-order chi connectivity index (χ0) is 18.1. The van der Waals surface area contributed by atoms with Gasteiger partial charge in [-0.15, -0.1) is 5.10 Å². The van der Waals surface area contributed by atoms with Crippen molar-refractivity contribution in [1.29, 1.82) is 0 Å². The third kappa shape index (κ3) is 3.21. The molecule has 4 rings (SSSR count). The Labute approximate surface area is 158 Å². The number of hydrogen-bond acceptors (Lipinski definition) is 7. The number of hydrogen-bond donors (Lipinski definition) is 1. The number of rotatable bonds is 3. The quantitative estimate of drug-likeness (QED) is 0.738. The number of benzene rings is 1. The van der Waals surface area contributed by atoms with Crippen LogP contribution in [-0.4, -0.2) is 33.7 Å². The van der Waals surface area contributed by atoms with E-state index in [2.05, 4.69) is 19.9 Å². The lowest BCUT2D eigenvalue weighted by atomic mass is 10.1. The van der Waals surface area contributed by atoms with Crippen molar-refractivity contribution >= 4 is 34.9 Å². The SMILES string of the molecule is Cc1nnsc1C(=O)Nc1ccc(-c2cc3c(cc2Cl)OCCO3)cn1. The molecule has 0 unspecified atom stereocenters. The average Bonchev–Trinajstić information content (AvgIpc) is 3.08. The van der Waals surface area contributed by atoms with E-state index >= 15 is 0 Å². The van der Waals surface area contributed by atoms with E-state index in [-0.39, 0.29) is 5.91 Å². The number of fused-ring (bicyclic) bond motifs is 1. The highest BCUT2D eigenvalue weighted by atomic mass is 35.5. The second kappa shape index (κ2) is 6.89. The molecule has 0 aliphatic carbocycles. The summed E-state index contributed by atoms with van der Waals surface area (Å²) in [5.74, 6) is 1.44. The van der Waals surface area contributed by atoms with Crippen LogP contribution in [0, 0.1) is 6.92 Å². The van der Waals surface area contributed by atoms with Gasteiger partial charge in [0.25, 0.3) is 5.91 Å². The van der Waals surface area contributed by atoms with Crippen LogP contribution in [0.4, 0.5) is 5.82 Å². The summed E-state index contributed by atoms with van der Waals surface area (Å²) in [6, 6.07) is 7.11. The van der Waals surface area contributed by atoms with E-state index in [9.17, 15) is 4.79 Å². The Bertz CT molecular complexity index is 975. The maximum Gasteiger partial charge on any atom is 0.270 e. The number of nitrogens with one attached hydrogen (secondary N) is 1. The molecule has 3 heterocycles. The summed E-state index contributed by atoms with van der Waals surface area (Å²) >= 11 is 7.41. The highest BCUT2D eigenvalue weighted by molar-refractivity contribution is 7.08. The van der Waals surface area contributed by atoms with Gasteiger partial charge in [0, 0.05) is 23.4 Å². The van der Waals surface area contributed by atoms with E-state index in [1.807, 2.05) is 12.1 Å². The predicted molar refractivity (Wildman–Crippen MR) is 98.3 cm³/mol. The van der Waals surface area contributed by atoms with Crippen LogP contribution in [0.5, 0.6) is 11.5 Å². The molecular formula is C17H13ClN4O3S. The van der Waals surface area contributed by atoms with Crippen LogP contribution in [0.15, 0.2) is 30.5 Å². The minimum atomic E-state index is -0.282. The van der Waals surface area contributed by atoms with Gasteiger partial charge in [-0.05, 0) is 36.7 Å². The summed E-state index contributed by atoms with van der Waals surface area (Å²) in [4.78, 5) is 16.9. The Kier molecular flexibility index (Phi) is 4.44. The highest BCUT2D eigenvalue weighted by Gasteiger charge is 2.17. The number of pyridine rings is 1. The second-order valence-electron chi connectivity index (χ2n) is 5.55. The number of carbonyl (C=O) groups is 1. The maximum atomic E-state index is 12.2. The summed E-state index contributed by atoms with van der Waals surface area (Å²) in [5.41, 5.74) is 2.18. The van der Waals surface area contributed by atoms with Crippen molar-refractivity contribution in [3.8, 4) is 22.6 Å². The van der Waals surface area contributed by atoms with Gasteiger partial charge in [0.1, 0.15) is 23.9 Å². The first-order chi connectivity index (χ1) is 12.6. The smallest absolute Gasteiger partial charge is 0.270 e. The van der Waals surface area contributed by atoms with Crippen molar-refractivity contribution in [3.63, 3.8) is 0 Å². The Balaban J connectivity index is 1.56. The molecular weight excluding hydrogens is 376 g/mol. The molecule has 1 aliphatic heterocycles. The minimum absolute atomic E-state index is 0.282. The fourth-order valence-corrected chi connectivity index (χ4v) is 3.34. The fourth-order valence-electron chi connectivity index (χ4n) is 2.53. The van der Waals surface area contributed by atoms with Crippen LogP contribution in [-0.2, 0) is 0 Å². The summed E-state index contributed by atoms with van der Waals surface area (Å²) in [5, 5.41) is 7.10. The van der Waals surface area contributed by atoms with Crippen molar-refractivity contribution in [2.75, 3.05) is 18.5 Å². The summed E-state index contributed by atoms with van der Waals surface area (Å²) in [7, 11) is 0. The number of anilines is 1. The van der Waals surface area contributed by atoms with Crippen LogP contribution in [0.3, 0.4) is 0 Å². The summed E-state index contributed by atoms with van der Waals surface area (Å²) in [6.45, 7) is 2.75. The van der Waals surface area contributed by atoms with Gasteiger partial charge >= 0.3 is 0 Å². The number of nitrogens with zero attached hydrogens (tertiary/aromatic N) is 3. The molecule has 0 fully saturated rings. The van der Waals surface area contributed by atoms with E-state index in [0.29, 0.717) is 46.1 Å². The topological polar surface area (TPSA) is 86.2 Å². The third-order valence-electron chi connectivity index (χ3n) is 3.81. The van der Waals surface area contributed by atoms with Crippen LogP contribution in [0.25, 0.3) is 11.1 Å². The Morgan fingerprint density at radius 2 is 2.00 bits per heavy atom. The van der Waals surface area contributed by atoms with Gasteiger partial charge in [-0.2, -0.15) is 0 Å². The van der Waals surface area contributed by atoms with Gasteiger partial charge in [-0.25, -0.2) is 4.98 Å². The molecule has 1 N–H and O–H groups in total. The number of ether oxygens (including phenoxy) is 2. The monoisotopic (exact) mass is 388 g/mol. The third-order valence-corrected chi connectivity index (χ3v) is 4.95. The van der Waals surface area contributed by atoms with Crippen molar-refractivity contribution < 1.29 is 14.3 Å². The van der Waals surface area contributed by atoms with Crippen LogP contribution in [0.2, 0.25) is 5.02 Å². The van der Waals surface area contributed by atoms with Gasteiger partial charge in [0.2, 0.25) is 0 Å². The van der Waals surface area contributed by atoms with E-state index in [1.165, 1.54) is 0 Å². The zero-order valence-corrected chi connectivity index (χ0v) is 15.2. The molecule has 26 heavy (non-hydrogen) atoms. The van der Waals surface area contributed by atoms with Crippen molar-refractivity contribution in [2.24, 2.45) is 0 Å². The van der Waals surface area contributed by atoms with Crippen LogP contribution in [0.1, 0.15) is 15.4 Å². The molecule has 1 amide bonds. The van der Waals surface area contributed by atoms with Gasteiger partial charge < -0.3 is 14.8 Å². The number of aryl methyl sites for hydroxylation is 1. The molecule has 9 heteroatoms. The molecule has 0 saturated heterocycles. The van der Waals surface area contributed by atoms with Crippen LogP contribution < -0.4 is 14.8 Å². The van der Waals surface area contributed by atoms with Gasteiger partial charge in [-0.1, -0.05) is 16.1 Å². The van der Waals surface area contributed by atoms with Gasteiger partial charge in [-0.3, -0.25) is 4.79 Å². The Morgan fingerprint density at radius 1 is 1.23 bits per heavy atom. The van der Waals surface area contributed by atoms with Gasteiger partial charge in [0.15, 0.2) is 11.5 Å². The van der Waals surface area contributed by atoms with Crippen molar-refractivity contribution in [2.45, 2.75) is 6.92 Å². The molecule has 0 spiro atoms. The first-order valence-electron chi connectivity index (χ1n) is 7.77. The van der Waals surface area contributed by atoms with Crippen LogP contribution >= 0.6 is 23.1 Å². The molecule has 1 aliphatic rings. The Hall–Kier alpha value is -2.71. The molecule has 0 bridgehead atoms. The highest BCUT2D eigenvalue weighted by Crippen LogP contribution is 2.39. The number of halogens is 1. The molecule has 3 aromatic rings. The standard InChI is InChI=1S/C17H13ClN4O3S/c1-9-16(26-22-21-9)17(23)20-15-3-2-10(8-19-15)11-6-13-14(7-12(11)18)25-5-4-24-13/h2-3,6-8H,4-5H2,1H3,(H,19,20,23). The van der Waals surface area contributed by atoms with E-state index in [0.717, 1.165) is 22.7 Å². The molecule has 0 saturated carbocycles.